The molecule has 25 heavy (non-hydrogen) atoms. The normalized spacial score (nSPS) is 13.4. The number of nitrogens with zero attached hydrogens (tertiary/aromatic N) is 3. The summed E-state index contributed by atoms with van der Waals surface area (Å²) in [5, 5.41) is 2.70. The highest BCUT2D eigenvalue weighted by Crippen LogP contribution is 2.28. The fourth-order valence-electron chi connectivity index (χ4n) is 2.47. The Kier molecular flexibility index (Phi) is 5.02. The van der Waals surface area contributed by atoms with E-state index in [4.69, 9.17) is 0 Å². The molecule has 7 heteroatoms. The number of carbonyl (C=O) groups is 2. The molecule has 1 aromatic heterocycles. The zero-order valence-corrected chi connectivity index (χ0v) is 13.9. The number of rotatable bonds is 6. The minimum Gasteiger partial charge on any atom is -0.334 e. The van der Waals surface area contributed by atoms with E-state index in [2.05, 4.69) is 15.3 Å². The topological polar surface area (TPSA) is 75.2 Å². The molecule has 1 aromatic carbocycles. The van der Waals surface area contributed by atoms with Crippen molar-refractivity contribution in [1.82, 2.24) is 14.9 Å². The third-order valence-corrected chi connectivity index (χ3v) is 3.96. The molecule has 6 nitrogen and oxygen atoms in total. The molecular weight excluding hydrogens is 323 g/mol. The van der Waals surface area contributed by atoms with Crippen molar-refractivity contribution in [2.24, 2.45) is 0 Å². The van der Waals surface area contributed by atoms with Gasteiger partial charge in [0.2, 0.25) is 5.91 Å². The molecular formula is C18H19FN4O2. The molecule has 3 rings (SSSR count). The Hall–Kier alpha value is -2.83. The number of benzene rings is 1. The summed E-state index contributed by atoms with van der Waals surface area (Å²) >= 11 is 0. The second-order valence-corrected chi connectivity index (χ2v) is 6.08. The van der Waals surface area contributed by atoms with Crippen molar-refractivity contribution in [3.05, 3.63) is 53.9 Å². The van der Waals surface area contributed by atoms with Crippen LogP contribution >= 0.6 is 0 Å². The largest absolute Gasteiger partial charge is 0.334 e. The monoisotopic (exact) mass is 342 g/mol. The fourth-order valence-corrected chi connectivity index (χ4v) is 2.47. The number of amides is 2. The maximum atomic E-state index is 12.9. The number of nitrogens with one attached hydrogen (secondary N) is 1. The van der Waals surface area contributed by atoms with E-state index in [0.717, 1.165) is 18.5 Å². The first-order valence-electron chi connectivity index (χ1n) is 8.18. The third-order valence-electron chi connectivity index (χ3n) is 3.96. The number of halogens is 1. The van der Waals surface area contributed by atoms with Crippen molar-refractivity contribution >= 4 is 17.5 Å². The lowest BCUT2D eigenvalue weighted by Crippen LogP contribution is -2.36. The summed E-state index contributed by atoms with van der Waals surface area (Å²) in [5.74, 6) is -0.785. The molecule has 0 spiro atoms. The van der Waals surface area contributed by atoms with Crippen LogP contribution in [0.3, 0.4) is 0 Å². The van der Waals surface area contributed by atoms with Crippen LogP contribution in [0.2, 0.25) is 0 Å². The molecule has 2 aromatic rings. The molecule has 1 N–H and O–H groups in total. The summed E-state index contributed by atoms with van der Waals surface area (Å²) in [4.78, 5) is 34.6. The number of hydrogen-bond acceptors (Lipinski definition) is 4. The van der Waals surface area contributed by atoms with E-state index in [1.807, 2.05) is 0 Å². The summed E-state index contributed by atoms with van der Waals surface area (Å²) in [5.41, 5.74) is 1.56. The van der Waals surface area contributed by atoms with Gasteiger partial charge in [0.15, 0.2) is 0 Å². The van der Waals surface area contributed by atoms with E-state index in [-0.39, 0.29) is 35.8 Å². The Morgan fingerprint density at radius 3 is 2.52 bits per heavy atom. The second-order valence-electron chi connectivity index (χ2n) is 6.08. The van der Waals surface area contributed by atoms with Gasteiger partial charge in [-0.25, -0.2) is 9.37 Å². The predicted molar refractivity (Wildman–Crippen MR) is 90.5 cm³/mol. The van der Waals surface area contributed by atoms with Gasteiger partial charge >= 0.3 is 0 Å². The van der Waals surface area contributed by atoms with Gasteiger partial charge in [-0.15, -0.1) is 0 Å². The average Bonchev–Trinajstić information content (AvgIpc) is 3.42. The van der Waals surface area contributed by atoms with Gasteiger partial charge in [0.25, 0.3) is 5.91 Å². The Bertz CT molecular complexity index is 758. The van der Waals surface area contributed by atoms with E-state index in [1.54, 1.807) is 18.0 Å². The number of anilines is 1. The van der Waals surface area contributed by atoms with Crippen LogP contribution in [0, 0.1) is 12.7 Å². The van der Waals surface area contributed by atoms with Crippen LogP contribution in [0.5, 0.6) is 0 Å². The van der Waals surface area contributed by atoms with Crippen molar-refractivity contribution in [1.29, 1.82) is 0 Å². The lowest BCUT2D eigenvalue weighted by atomic mass is 10.2. The van der Waals surface area contributed by atoms with Gasteiger partial charge in [0.1, 0.15) is 11.5 Å². The number of hydrogen-bond donors (Lipinski definition) is 1. The number of aromatic nitrogens is 2. The molecule has 0 radical (unpaired) electrons. The van der Waals surface area contributed by atoms with Crippen molar-refractivity contribution in [2.75, 3.05) is 11.9 Å². The zero-order chi connectivity index (χ0) is 17.8. The molecule has 1 saturated carbocycles. The quantitative estimate of drug-likeness (QED) is 0.875. The maximum Gasteiger partial charge on any atom is 0.274 e. The summed E-state index contributed by atoms with van der Waals surface area (Å²) < 4.78 is 12.9. The third kappa shape index (κ3) is 4.59. The van der Waals surface area contributed by atoms with Gasteiger partial charge in [0.05, 0.1) is 11.9 Å². The lowest BCUT2D eigenvalue weighted by molar-refractivity contribution is -0.116. The van der Waals surface area contributed by atoms with Gasteiger partial charge in [-0.1, -0.05) is 0 Å². The highest BCUT2D eigenvalue weighted by Gasteiger charge is 2.33. The van der Waals surface area contributed by atoms with Gasteiger partial charge in [-0.2, -0.15) is 0 Å². The van der Waals surface area contributed by atoms with Crippen LogP contribution in [-0.2, 0) is 4.79 Å². The summed E-state index contributed by atoms with van der Waals surface area (Å²) in [6.45, 7) is 2.12. The molecule has 2 amide bonds. The Morgan fingerprint density at radius 2 is 1.92 bits per heavy atom. The standard InChI is InChI=1S/C18H19FN4O2/c1-12-10-21-16(11-20-12)18(25)23(15-6-7-15)9-8-17(24)22-14-4-2-13(19)3-5-14/h2-5,10-11,15H,6-9H2,1H3,(H,22,24). The second kappa shape index (κ2) is 7.38. The Morgan fingerprint density at radius 1 is 1.20 bits per heavy atom. The lowest BCUT2D eigenvalue weighted by Gasteiger charge is -2.21. The van der Waals surface area contributed by atoms with Gasteiger partial charge < -0.3 is 10.2 Å². The van der Waals surface area contributed by atoms with E-state index in [1.165, 1.54) is 30.5 Å². The van der Waals surface area contributed by atoms with Crippen LogP contribution in [0.15, 0.2) is 36.7 Å². The molecule has 1 aliphatic rings. The Balaban J connectivity index is 1.58. The van der Waals surface area contributed by atoms with Crippen molar-refractivity contribution < 1.29 is 14.0 Å². The minimum absolute atomic E-state index is 0.161. The maximum absolute atomic E-state index is 12.9. The van der Waals surface area contributed by atoms with Crippen molar-refractivity contribution in [2.45, 2.75) is 32.2 Å². The number of aryl methyl sites for hydroxylation is 1. The first kappa shape index (κ1) is 17.0. The fraction of sp³-hybridized carbons (Fsp3) is 0.333. The zero-order valence-electron chi connectivity index (χ0n) is 13.9. The molecule has 1 heterocycles. The predicted octanol–water partition coefficient (Wildman–Crippen LogP) is 2.56. The van der Waals surface area contributed by atoms with Gasteiger partial charge in [-0.3, -0.25) is 14.6 Å². The minimum atomic E-state index is -0.359. The number of carbonyl (C=O) groups excluding carboxylic acids is 2. The molecule has 1 fully saturated rings. The average molecular weight is 342 g/mol. The highest BCUT2D eigenvalue weighted by molar-refractivity contribution is 5.94. The van der Waals surface area contributed by atoms with E-state index in [9.17, 15) is 14.0 Å². The molecule has 0 saturated heterocycles. The smallest absolute Gasteiger partial charge is 0.274 e. The van der Waals surface area contributed by atoms with Crippen LogP contribution < -0.4 is 5.32 Å². The van der Waals surface area contributed by atoms with Crippen LogP contribution in [-0.4, -0.2) is 39.3 Å². The van der Waals surface area contributed by atoms with E-state index in [0.29, 0.717) is 12.2 Å². The van der Waals surface area contributed by atoms with Crippen LogP contribution in [0.4, 0.5) is 10.1 Å². The molecule has 0 aliphatic heterocycles. The highest BCUT2D eigenvalue weighted by atomic mass is 19.1. The van der Waals surface area contributed by atoms with Gasteiger partial charge in [-0.05, 0) is 44.0 Å². The van der Waals surface area contributed by atoms with Crippen molar-refractivity contribution in [3.8, 4) is 0 Å². The van der Waals surface area contributed by atoms with Crippen LogP contribution in [0.25, 0.3) is 0 Å². The summed E-state index contributed by atoms with van der Waals surface area (Å²) in [6.07, 6.45) is 5.05. The van der Waals surface area contributed by atoms with Crippen LogP contribution in [0.1, 0.15) is 35.4 Å². The van der Waals surface area contributed by atoms with Gasteiger partial charge in [0, 0.05) is 30.9 Å². The molecule has 130 valence electrons. The molecule has 0 atom stereocenters. The first-order valence-corrected chi connectivity index (χ1v) is 8.18. The van der Waals surface area contributed by atoms with E-state index < -0.39 is 0 Å². The van der Waals surface area contributed by atoms with E-state index >= 15 is 0 Å². The summed E-state index contributed by atoms with van der Waals surface area (Å²) in [6, 6.07) is 5.73. The Labute approximate surface area is 145 Å². The molecule has 0 bridgehead atoms. The summed E-state index contributed by atoms with van der Waals surface area (Å²) in [7, 11) is 0. The SMILES string of the molecule is Cc1cnc(C(=O)N(CCC(=O)Nc2ccc(F)cc2)C2CC2)cn1. The first-order chi connectivity index (χ1) is 12.0. The van der Waals surface area contributed by atoms with Crippen molar-refractivity contribution in [3.63, 3.8) is 0 Å². The molecule has 1 aliphatic carbocycles. The molecule has 0 unspecified atom stereocenters.